The SMILES string of the molecule is Cc1ccc(C(=O)O)c(Oc2ccc(C#N)c(Br)c2)c1. The molecule has 0 aliphatic carbocycles. The van der Waals surface area contributed by atoms with Gasteiger partial charge in [-0.15, -0.1) is 0 Å². The van der Waals surface area contributed by atoms with E-state index in [0.29, 0.717) is 15.8 Å². The van der Waals surface area contributed by atoms with Crippen LogP contribution < -0.4 is 4.74 Å². The predicted molar refractivity (Wildman–Crippen MR) is 77.1 cm³/mol. The largest absolute Gasteiger partial charge is 0.478 e. The third kappa shape index (κ3) is 2.98. The van der Waals surface area contributed by atoms with Crippen molar-refractivity contribution in [3.63, 3.8) is 0 Å². The minimum Gasteiger partial charge on any atom is -0.478 e. The first-order valence-corrected chi connectivity index (χ1v) is 6.52. The number of ether oxygens (including phenoxy) is 1. The molecule has 0 bridgehead atoms. The maximum absolute atomic E-state index is 11.2. The molecule has 0 radical (unpaired) electrons. The van der Waals surface area contributed by atoms with Gasteiger partial charge in [-0.25, -0.2) is 4.79 Å². The normalized spacial score (nSPS) is 9.85. The Balaban J connectivity index is 2.39. The number of nitriles is 1. The molecule has 2 aromatic carbocycles. The quantitative estimate of drug-likeness (QED) is 0.918. The van der Waals surface area contributed by atoms with Gasteiger partial charge >= 0.3 is 5.97 Å². The molecule has 0 aromatic heterocycles. The molecule has 0 amide bonds. The topological polar surface area (TPSA) is 70.3 Å². The summed E-state index contributed by atoms with van der Waals surface area (Å²) in [6, 6.07) is 11.8. The molecule has 2 rings (SSSR count). The molecule has 0 unspecified atom stereocenters. The van der Waals surface area contributed by atoms with Crippen molar-refractivity contribution in [3.05, 3.63) is 57.6 Å². The average Bonchev–Trinajstić information content (AvgIpc) is 2.38. The van der Waals surface area contributed by atoms with Gasteiger partial charge in [0, 0.05) is 4.47 Å². The number of halogens is 1. The number of nitrogens with zero attached hydrogens (tertiary/aromatic N) is 1. The van der Waals surface area contributed by atoms with E-state index < -0.39 is 5.97 Å². The summed E-state index contributed by atoms with van der Waals surface area (Å²) in [5.74, 6) is -0.314. The van der Waals surface area contributed by atoms with Crippen molar-refractivity contribution in [3.8, 4) is 17.6 Å². The van der Waals surface area contributed by atoms with Gasteiger partial charge in [0.15, 0.2) is 0 Å². The van der Waals surface area contributed by atoms with Crippen molar-refractivity contribution < 1.29 is 14.6 Å². The molecule has 0 atom stereocenters. The fraction of sp³-hybridized carbons (Fsp3) is 0.0667. The molecule has 2 aromatic rings. The summed E-state index contributed by atoms with van der Waals surface area (Å²) < 4.78 is 6.21. The zero-order chi connectivity index (χ0) is 14.7. The number of hydrogen-bond acceptors (Lipinski definition) is 3. The summed E-state index contributed by atoms with van der Waals surface area (Å²) in [6.07, 6.45) is 0. The lowest BCUT2D eigenvalue weighted by Crippen LogP contribution is -2.00. The van der Waals surface area contributed by atoms with Crippen molar-refractivity contribution in [1.29, 1.82) is 5.26 Å². The Morgan fingerprint density at radius 2 is 2.05 bits per heavy atom. The fourth-order valence-corrected chi connectivity index (χ4v) is 2.11. The van der Waals surface area contributed by atoms with E-state index in [0.717, 1.165) is 5.56 Å². The highest BCUT2D eigenvalue weighted by atomic mass is 79.9. The summed E-state index contributed by atoms with van der Waals surface area (Å²) in [6.45, 7) is 1.85. The summed E-state index contributed by atoms with van der Waals surface area (Å²) >= 11 is 3.26. The van der Waals surface area contributed by atoms with Gasteiger partial charge in [-0.05, 0) is 58.7 Å². The number of carboxylic acid groups (broad SMARTS) is 1. The molecule has 1 N–H and O–H groups in total. The molecule has 0 aliphatic rings. The third-order valence-corrected chi connectivity index (χ3v) is 3.31. The molecular weight excluding hydrogens is 322 g/mol. The average molecular weight is 332 g/mol. The van der Waals surface area contributed by atoms with E-state index in [4.69, 9.17) is 15.1 Å². The minimum atomic E-state index is -1.05. The molecule has 100 valence electrons. The van der Waals surface area contributed by atoms with Crippen LogP contribution in [0.1, 0.15) is 21.5 Å². The van der Waals surface area contributed by atoms with Gasteiger partial charge in [-0.3, -0.25) is 0 Å². The van der Waals surface area contributed by atoms with Crippen LogP contribution in [-0.2, 0) is 0 Å². The lowest BCUT2D eigenvalue weighted by molar-refractivity contribution is 0.0694. The first-order chi connectivity index (χ1) is 9.51. The smallest absolute Gasteiger partial charge is 0.339 e. The van der Waals surface area contributed by atoms with E-state index in [-0.39, 0.29) is 11.3 Å². The molecular formula is C15H10BrNO3. The van der Waals surface area contributed by atoms with Crippen LogP contribution in [0.4, 0.5) is 0 Å². The standard InChI is InChI=1S/C15H10BrNO3/c1-9-2-5-12(15(18)19)14(6-9)20-11-4-3-10(8-17)13(16)7-11/h2-7H,1H3,(H,18,19). The Hall–Kier alpha value is -2.32. The number of carbonyl (C=O) groups is 1. The second kappa shape index (κ2) is 5.76. The van der Waals surface area contributed by atoms with Crippen molar-refractivity contribution in [1.82, 2.24) is 0 Å². The number of benzene rings is 2. The zero-order valence-electron chi connectivity index (χ0n) is 10.6. The van der Waals surface area contributed by atoms with Gasteiger partial charge in [0.2, 0.25) is 0 Å². The van der Waals surface area contributed by atoms with Crippen molar-refractivity contribution in [2.45, 2.75) is 6.92 Å². The summed E-state index contributed by atoms with van der Waals surface area (Å²) in [5, 5.41) is 18.0. The highest BCUT2D eigenvalue weighted by Gasteiger charge is 2.12. The van der Waals surface area contributed by atoms with Crippen LogP contribution in [0.3, 0.4) is 0 Å². The van der Waals surface area contributed by atoms with Crippen LogP contribution in [0.5, 0.6) is 11.5 Å². The monoisotopic (exact) mass is 331 g/mol. The molecule has 0 saturated carbocycles. The van der Waals surface area contributed by atoms with Gasteiger partial charge in [0.1, 0.15) is 23.1 Å². The zero-order valence-corrected chi connectivity index (χ0v) is 12.1. The third-order valence-electron chi connectivity index (χ3n) is 2.66. The molecule has 20 heavy (non-hydrogen) atoms. The first kappa shape index (κ1) is 14.1. The van der Waals surface area contributed by atoms with E-state index in [1.807, 2.05) is 13.0 Å². The van der Waals surface area contributed by atoms with Gasteiger partial charge < -0.3 is 9.84 Å². The van der Waals surface area contributed by atoms with Gasteiger partial charge in [0.05, 0.1) is 5.56 Å². The van der Waals surface area contributed by atoms with Gasteiger partial charge in [-0.1, -0.05) is 6.07 Å². The van der Waals surface area contributed by atoms with Crippen molar-refractivity contribution >= 4 is 21.9 Å². The number of aryl methyl sites for hydroxylation is 1. The predicted octanol–water partition coefficient (Wildman–Crippen LogP) is 4.12. The van der Waals surface area contributed by atoms with Crippen LogP contribution in [0, 0.1) is 18.3 Å². The lowest BCUT2D eigenvalue weighted by atomic mass is 10.1. The van der Waals surface area contributed by atoms with Crippen LogP contribution in [0.25, 0.3) is 0 Å². The van der Waals surface area contributed by atoms with E-state index >= 15 is 0 Å². The van der Waals surface area contributed by atoms with Crippen LogP contribution in [0.15, 0.2) is 40.9 Å². The Labute approximate surface area is 124 Å². The molecule has 0 heterocycles. The molecule has 0 spiro atoms. The number of aromatic carboxylic acids is 1. The maximum Gasteiger partial charge on any atom is 0.339 e. The van der Waals surface area contributed by atoms with Crippen LogP contribution in [0.2, 0.25) is 0 Å². The number of rotatable bonds is 3. The van der Waals surface area contributed by atoms with Crippen molar-refractivity contribution in [2.75, 3.05) is 0 Å². The molecule has 4 nitrogen and oxygen atoms in total. The number of hydrogen-bond donors (Lipinski definition) is 1. The summed E-state index contributed by atoms with van der Waals surface area (Å²) in [5.41, 5.74) is 1.48. The molecule has 0 saturated heterocycles. The van der Waals surface area contributed by atoms with Crippen LogP contribution >= 0.6 is 15.9 Å². The van der Waals surface area contributed by atoms with Gasteiger partial charge in [-0.2, -0.15) is 5.26 Å². The van der Waals surface area contributed by atoms with E-state index in [1.165, 1.54) is 6.07 Å². The Kier molecular flexibility index (Phi) is 4.06. The molecule has 0 aliphatic heterocycles. The number of carboxylic acids is 1. The summed E-state index contributed by atoms with van der Waals surface area (Å²) in [7, 11) is 0. The fourth-order valence-electron chi connectivity index (χ4n) is 1.67. The first-order valence-electron chi connectivity index (χ1n) is 5.72. The Morgan fingerprint density at radius 1 is 1.30 bits per heavy atom. The Morgan fingerprint density at radius 3 is 2.65 bits per heavy atom. The second-order valence-corrected chi connectivity index (χ2v) is 5.01. The molecule has 0 fully saturated rings. The minimum absolute atomic E-state index is 0.0936. The highest BCUT2D eigenvalue weighted by molar-refractivity contribution is 9.10. The van der Waals surface area contributed by atoms with E-state index in [9.17, 15) is 4.79 Å². The van der Waals surface area contributed by atoms with E-state index in [1.54, 1.807) is 30.3 Å². The second-order valence-electron chi connectivity index (χ2n) is 4.16. The lowest BCUT2D eigenvalue weighted by Gasteiger charge is -2.10. The maximum atomic E-state index is 11.2. The van der Waals surface area contributed by atoms with Crippen molar-refractivity contribution in [2.24, 2.45) is 0 Å². The Bertz CT molecular complexity index is 720. The highest BCUT2D eigenvalue weighted by Crippen LogP contribution is 2.29. The molecule has 5 heteroatoms. The summed E-state index contributed by atoms with van der Waals surface area (Å²) in [4.78, 5) is 11.2. The van der Waals surface area contributed by atoms with Crippen LogP contribution in [-0.4, -0.2) is 11.1 Å². The van der Waals surface area contributed by atoms with E-state index in [2.05, 4.69) is 15.9 Å². The van der Waals surface area contributed by atoms with Gasteiger partial charge in [0.25, 0.3) is 0 Å².